The van der Waals surface area contributed by atoms with Crippen LogP contribution in [0.25, 0.3) is 0 Å². The van der Waals surface area contributed by atoms with E-state index in [1.165, 1.54) is 5.56 Å². The van der Waals surface area contributed by atoms with E-state index in [1.807, 2.05) is 43.3 Å². The molecule has 0 unspecified atom stereocenters. The molecule has 0 radical (unpaired) electrons. The summed E-state index contributed by atoms with van der Waals surface area (Å²) in [7, 11) is 1.65. The van der Waals surface area contributed by atoms with Gasteiger partial charge in [-0.3, -0.25) is 9.78 Å². The molecule has 0 saturated heterocycles. The van der Waals surface area contributed by atoms with Crippen LogP contribution >= 0.6 is 0 Å². The summed E-state index contributed by atoms with van der Waals surface area (Å²) in [6.07, 6.45) is 5.04. The van der Waals surface area contributed by atoms with Gasteiger partial charge in [-0.25, -0.2) is 0 Å². The summed E-state index contributed by atoms with van der Waals surface area (Å²) in [5.41, 5.74) is 2.85. The highest BCUT2D eigenvalue weighted by Gasteiger charge is 2.29. The zero-order chi connectivity index (χ0) is 18.4. The van der Waals surface area contributed by atoms with E-state index >= 15 is 0 Å². The van der Waals surface area contributed by atoms with Crippen molar-refractivity contribution in [3.8, 4) is 5.75 Å². The minimum atomic E-state index is -0.575. The number of benzene rings is 1. The van der Waals surface area contributed by atoms with Crippen LogP contribution in [-0.4, -0.2) is 35.9 Å². The second kappa shape index (κ2) is 8.47. The van der Waals surface area contributed by atoms with Gasteiger partial charge in [-0.05, 0) is 49.6 Å². The van der Waals surface area contributed by atoms with Gasteiger partial charge in [0.15, 0.2) is 0 Å². The number of pyridine rings is 1. The van der Waals surface area contributed by atoms with Crippen molar-refractivity contribution in [2.45, 2.75) is 38.3 Å². The predicted molar refractivity (Wildman–Crippen MR) is 99.2 cm³/mol. The smallest absolute Gasteiger partial charge is 0.264 e. The first-order valence-electron chi connectivity index (χ1n) is 8.72. The number of hydrogen-bond acceptors (Lipinski definition) is 5. The molecule has 6 heteroatoms. The highest BCUT2D eigenvalue weighted by molar-refractivity contribution is 6.03. The number of nitrogens with one attached hydrogen (secondary N) is 1. The first-order chi connectivity index (χ1) is 12.7. The van der Waals surface area contributed by atoms with E-state index in [1.54, 1.807) is 19.5 Å². The molecule has 0 spiro atoms. The van der Waals surface area contributed by atoms with Crippen molar-refractivity contribution in [2.24, 2.45) is 5.16 Å². The Morgan fingerprint density at radius 3 is 2.85 bits per heavy atom. The second-order valence-electron chi connectivity index (χ2n) is 6.37. The van der Waals surface area contributed by atoms with Gasteiger partial charge in [0.1, 0.15) is 5.75 Å². The maximum absolute atomic E-state index is 12.4. The molecular formula is C20H23N3O3. The number of carbonyl (C=O) groups excluding carboxylic acids is 1. The van der Waals surface area contributed by atoms with Crippen molar-refractivity contribution in [2.75, 3.05) is 7.11 Å². The first kappa shape index (κ1) is 17.9. The molecule has 6 nitrogen and oxygen atoms in total. The summed E-state index contributed by atoms with van der Waals surface area (Å²) in [4.78, 5) is 21.8. The van der Waals surface area contributed by atoms with E-state index in [4.69, 9.17) is 9.57 Å². The Balaban J connectivity index is 1.44. The Kier molecular flexibility index (Phi) is 5.84. The number of oxime groups is 1. The van der Waals surface area contributed by atoms with Crippen LogP contribution in [0.1, 0.15) is 30.9 Å². The van der Waals surface area contributed by atoms with Crippen molar-refractivity contribution in [3.63, 3.8) is 0 Å². The molecule has 0 saturated carbocycles. The van der Waals surface area contributed by atoms with E-state index in [2.05, 4.69) is 15.5 Å². The largest absolute Gasteiger partial charge is 0.497 e. The lowest BCUT2D eigenvalue weighted by atomic mass is 10.0. The van der Waals surface area contributed by atoms with Gasteiger partial charge in [-0.15, -0.1) is 0 Å². The minimum absolute atomic E-state index is 0.0515. The number of amides is 1. The van der Waals surface area contributed by atoms with Crippen LogP contribution in [0.15, 0.2) is 53.9 Å². The molecule has 2 aromatic rings. The van der Waals surface area contributed by atoms with Crippen LogP contribution < -0.4 is 10.1 Å². The van der Waals surface area contributed by atoms with Crippen LogP contribution in [0.4, 0.5) is 0 Å². The second-order valence-corrected chi connectivity index (χ2v) is 6.37. The lowest BCUT2D eigenvalue weighted by molar-refractivity contribution is -0.131. The van der Waals surface area contributed by atoms with Gasteiger partial charge < -0.3 is 14.9 Å². The fraction of sp³-hybridized carbons (Fsp3) is 0.350. The number of ether oxygens (including phenoxy) is 1. The molecule has 1 aliphatic heterocycles. The average molecular weight is 353 g/mol. The lowest BCUT2D eigenvalue weighted by Crippen LogP contribution is -2.40. The van der Waals surface area contributed by atoms with Crippen molar-refractivity contribution in [3.05, 3.63) is 59.9 Å². The molecular weight excluding hydrogens is 330 g/mol. The SMILES string of the molecule is COc1ccc(CC[C@@H](C)NC(=O)[C@@H]2CC(c3cccnc3)=NO2)cc1. The fourth-order valence-electron chi connectivity index (χ4n) is 2.81. The molecule has 2 heterocycles. The summed E-state index contributed by atoms with van der Waals surface area (Å²) in [6.45, 7) is 2.00. The topological polar surface area (TPSA) is 72.8 Å². The van der Waals surface area contributed by atoms with Gasteiger partial charge in [0.25, 0.3) is 5.91 Å². The molecule has 26 heavy (non-hydrogen) atoms. The Morgan fingerprint density at radius 2 is 2.15 bits per heavy atom. The maximum atomic E-state index is 12.4. The number of hydrogen-bond donors (Lipinski definition) is 1. The Labute approximate surface area is 153 Å². The normalized spacial score (nSPS) is 17.2. The highest BCUT2D eigenvalue weighted by atomic mass is 16.6. The standard InChI is InChI=1S/C20H23N3O3/c1-14(5-6-15-7-9-17(25-2)10-8-15)22-20(24)19-12-18(23-26-19)16-4-3-11-21-13-16/h3-4,7-11,13-14,19H,5-6,12H2,1-2H3,(H,22,24)/t14-,19+/m1/s1. The summed E-state index contributed by atoms with van der Waals surface area (Å²) >= 11 is 0. The number of carbonyl (C=O) groups is 1. The number of methoxy groups -OCH3 is 1. The first-order valence-corrected chi connectivity index (χ1v) is 8.72. The Morgan fingerprint density at radius 1 is 1.35 bits per heavy atom. The molecule has 1 N–H and O–H groups in total. The van der Waals surface area contributed by atoms with Crippen LogP contribution in [-0.2, 0) is 16.1 Å². The molecule has 1 aliphatic rings. The molecule has 0 fully saturated rings. The van der Waals surface area contributed by atoms with Crippen LogP contribution in [0.2, 0.25) is 0 Å². The summed E-state index contributed by atoms with van der Waals surface area (Å²) in [5, 5.41) is 7.04. The summed E-state index contributed by atoms with van der Waals surface area (Å²) in [5.74, 6) is 0.716. The van der Waals surface area contributed by atoms with E-state index in [-0.39, 0.29) is 11.9 Å². The van der Waals surface area contributed by atoms with Gasteiger partial charge >= 0.3 is 0 Å². The third-order valence-electron chi connectivity index (χ3n) is 4.37. The van der Waals surface area contributed by atoms with Crippen molar-refractivity contribution < 1.29 is 14.4 Å². The van der Waals surface area contributed by atoms with Crippen molar-refractivity contribution >= 4 is 11.6 Å². The zero-order valence-electron chi connectivity index (χ0n) is 15.0. The predicted octanol–water partition coefficient (Wildman–Crippen LogP) is 2.72. The Bertz CT molecular complexity index is 760. The molecule has 136 valence electrons. The van der Waals surface area contributed by atoms with Gasteiger partial charge in [-0.1, -0.05) is 17.3 Å². The monoisotopic (exact) mass is 353 g/mol. The molecule has 2 atom stereocenters. The van der Waals surface area contributed by atoms with E-state index in [9.17, 15) is 4.79 Å². The fourth-order valence-corrected chi connectivity index (χ4v) is 2.81. The number of aromatic nitrogens is 1. The van der Waals surface area contributed by atoms with Crippen LogP contribution in [0, 0.1) is 0 Å². The van der Waals surface area contributed by atoms with E-state index in [0.717, 1.165) is 29.9 Å². The molecule has 3 rings (SSSR count). The van der Waals surface area contributed by atoms with Crippen molar-refractivity contribution in [1.29, 1.82) is 0 Å². The Hall–Kier alpha value is -2.89. The van der Waals surface area contributed by atoms with Crippen molar-refractivity contribution in [1.82, 2.24) is 10.3 Å². The third kappa shape index (κ3) is 4.59. The lowest BCUT2D eigenvalue weighted by Gasteiger charge is -2.16. The molecule has 1 amide bonds. The average Bonchev–Trinajstić information content (AvgIpc) is 3.18. The van der Waals surface area contributed by atoms with E-state index < -0.39 is 6.10 Å². The zero-order valence-corrected chi connectivity index (χ0v) is 15.0. The summed E-state index contributed by atoms with van der Waals surface area (Å²) < 4.78 is 5.16. The van der Waals surface area contributed by atoms with Gasteiger partial charge in [0.2, 0.25) is 6.10 Å². The van der Waals surface area contributed by atoms with Gasteiger partial charge in [0.05, 0.1) is 12.8 Å². The van der Waals surface area contributed by atoms with Crippen LogP contribution in [0.5, 0.6) is 5.75 Å². The molecule has 1 aromatic carbocycles. The number of rotatable bonds is 7. The van der Waals surface area contributed by atoms with Gasteiger partial charge in [0, 0.05) is 30.4 Å². The quantitative estimate of drug-likeness (QED) is 0.831. The van der Waals surface area contributed by atoms with Gasteiger partial charge in [-0.2, -0.15) is 0 Å². The molecule has 0 aliphatic carbocycles. The van der Waals surface area contributed by atoms with E-state index in [0.29, 0.717) is 6.42 Å². The number of aryl methyl sites for hydroxylation is 1. The molecule has 1 aromatic heterocycles. The highest BCUT2D eigenvalue weighted by Crippen LogP contribution is 2.17. The maximum Gasteiger partial charge on any atom is 0.264 e. The minimum Gasteiger partial charge on any atom is -0.497 e. The third-order valence-corrected chi connectivity index (χ3v) is 4.37. The molecule has 0 bridgehead atoms. The number of nitrogens with zero attached hydrogens (tertiary/aromatic N) is 2. The summed E-state index contributed by atoms with van der Waals surface area (Å²) in [6, 6.07) is 11.8. The van der Waals surface area contributed by atoms with Crippen LogP contribution in [0.3, 0.4) is 0 Å².